The summed E-state index contributed by atoms with van der Waals surface area (Å²) in [6.07, 6.45) is 1.42. The number of carbonyl (C=O) groups excluding carboxylic acids is 2. The lowest BCUT2D eigenvalue weighted by molar-refractivity contribution is 0.0941. The Morgan fingerprint density at radius 1 is 1.12 bits per heavy atom. The number of methoxy groups -OCH3 is 1. The van der Waals surface area contributed by atoms with Crippen LogP contribution in [0.1, 0.15) is 22.1 Å². The van der Waals surface area contributed by atoms with Crippen LogP contribution in [-0.2, 0) is 0 Å². The van der Waals surface area contributed by atoms with E-state index < -0.39 is 11.7 Å². The number of aromatic nitrogens is 1. The lowest BCUT2D eigenvalue weighted by Gasteiger charge is -2.05. The van der Waals surface area contributed by atoms with E-state index in [0.717, 1.165) is 0 Å². The fraction of sp³-hybridized carbons (Fsp3) is 0.111. The van der Waals surface area contributed by atoms with Gasteiger partial charge in [-0.3, -0.25) is 14.2 Å². The maximum Gasteiger partial charge on any atom is 0.257 e. The summed E-state index contributed by atoms with van der Waals surface area (Å²) in [4.78, 5) is 24.3. The number of carbonyl (C=O) groups is 2. The first-order chi connectivity index (χ1) is 11.5. The van der Waals surface area contributed by atoms with Gasteiger partial charge in [0.05, 0.1) is 18.2 Å². The normalized spacial score (nSPS) is 10.6. The highest BCUT2D eigenvalue weighted by atomic mass is 19.1. The second-order valence-electron chi connectivity index (χ2n) is 5.28. The third kappa shape index (κ3) is 2.86. The molecule has 1 heterocycles. The summed E-state index contributed by atoms with van der Waals surface area (Å²) in [5.74, 6) is -0.476. The van der Waals surface area contributed by atoms with Crippen LogP contribution in [0.4, 0.5) is 10.1 Å². The predicted octanol–water partition coefficient (Wildman–Crippen LogP) is 3.70. The molecule has 6 heteroatoms. The minimum atomic E-state index is -0.470. The summed E-state index contributed by atoms with van der Waals surface area (Å²) in [6, 6.07) is 10.8. The second-order valence-corrected chi connectivity index (χ2v) is 5.28. The third-order valence-corrected chi connectivity index (χ3v) is 3.70. The van der Waals surface area contributed by atoms with Gasteiger partial charge in [-0.25, -0.2) is 4.39 Å². The Balaban J connectivity index is 1.99. The van der Waals surface area contributed by atoms with Crippen LogP contribution in [0, 0.1) is 5.82 Å². The summed E-state index contributed by atoms with van der Waals surface area (Å²) in [5.41, 5.74) is 1.29. The molecule has 0 fully saturated rings. The number of anilines is 1. The van der Waals surface area contributed by atoms with Crippen LogP contribution in [0.15, 0.2) is 48.7 Å². The summed E-state index contributed by atoms with van der Waals surface area (Å²) in [7, 11) is 1.55. The Kier molecular flexibility index (Phi) is 4.04. The van der Waals surface area contributed by atoms with E-state index in [4.69, 9.17) is 4.74 Å². The maximum atomic E-state index is 13.6. The molecule has 3 aromatic rings. The van der Waals surface area contributed by atoms with Crippen LogP contribution in [0.5, 0.6) is 5.75 Å². The van der Waals surface area contributed by atoms with E-state index in [1.165, 1.54) is 35.9 Å². The monoisotopic (exact) mass is 326 g/mol. The van der Waals surface area contributed by atoms with Crippen LogP contribution in [0.3, 0.4) is 0 Å². The molecule has 0 atom stereocenters. The number of nitrogens with one attached hydrogen (secondary N) is 1. The number of amides is 1. The minimum absolute atomic E-state index is 0.232. The summed E-state index contributed by atoms with van der Waals surface area (Å²) in [6.45, 7) is 1.38. The van der Waals surface area contributed by atoms with Crippen molar-refractivity contribution >= 4 is 28.4 Å². The Morgan fingerprint density at radius 3 is 2.46 bits per heavy atom. The molecule has 1 aromatic heterocycles. The molecule has 0 aliphatic heterocycles. The zero-order valence-corrected chi connectivity index (χ0v) is 13.2. The Morgan fingerprint density at radius 2 is 1.83 bits per heavy atom. The number of hydrogen-bond acceptors (Lipinski definition) is 3. The number of rotatable bonds is 3. The zero-order valence-electron chi connectivity index (χ0n) is 13.2. The lowest BCUT2D eigenvalue weighted by atomic mass is 10.1. The van der Waals surface area contributed by atoms with Gasteiger partial charge >= 0.3 is 0 Å². The molecule has 0 radical (unpaired) electrons. The number of benzene rings is 2. The van der Waals surface area contributed by atoms with E-state index in [0.29, 0.717) is 22.3 Å². The van der Waals surface area contributed by atoms with Crippen LogP contribution in [-0.4, -0.2) is 23.5 Å². The van der Waals surface area contributed by atoms with E-state index in [1.807, 2.05) is 0 Å². The van der Waals surface area contributed by atoms with Crippen LogP contribution < -0.4 is 10.1 Å². The van der Waals surface area contributed by atoms with Crippen molar-refractivity contribution in [2.24, 2.45) is 0 Å². The van der Waals surface area contributed by atoms with Crippen molar-refractivity contribution in [1.82, 2.24) is 4.57 Å². The standard InChI is InChI=1S/C18H15FN2O3/c1-11(22)21-10-16(15-9-12(19)3-8-17(15)21)18(23)20-13-4-6-14(24-2)7-5-13/h3-10H,1-2H3,(H,20,23). The molecule has 24 heavy (non-hydrogen) atoms. The summed E-state index contributed by atoms with van der Waals surface area (Å²) >= 11 is 0. The first kappa shape index (κ1) is 15.7. The van der Waals surface area contributed by atoms with Crippen LogP contribution >= 0.6 is 0 Å². The molecule has 0 unspecified atom stereocenters. The van der Waals surface area contributed by atoms with Crippen molar-refractivity contribution in [3.8, 4) is 5.75 Å². The average Bonchev–Trinajstić information content (AvgIpc) is 2.94. The van der Waals surface area contributed by atoms with Gasteiger partial charge in [-0.05, 0) is 42.5 Å². The molecule has 0 saturated heterocycles. The third-order valence-electron chi connectivity index (χ3n) is 3.70. The number of ether oxygens (including phenoxy) is 1. The molecule has 1 N–H and O–H groups in total. The SMILES string of the molecule is COc1ccc(NC(=O)c2cn(C(C)=O)c3ccc(F)cc23)cc1. The Labute approximate surface area is 137 Å². The topological polar surface area (TPSA) is 60.3 Å². The van der Waals surface area contributed by atoms with Crippen molar-refractivity contribution in [2.75, 3.05) is 12.4 Å². The molecule has 3 rings (SSSR count). The maximum absolute atomic E-state index is 13.6. The van der Waals surface area contributed by atoms with E-state index in [9.17, 15) is 14.0 Å². The van der Waals surface area contributed by atoms with E-state index in [1.54, 1.807) is 31.4 Å². The van der Waals surface area contributed by atoms with Crippen molar-refractivity contribution in [1.29, 1.82) is 0 Å². The molecule has 122 valence electrons. The average molecular weight is 326 g/mol. The zero-order chi connectivity index (χ0) is 17.3. The number of halogens is 1. The molecule has 0 spiro atoms. The second kappa shape index (κ2) is 6.16. The number of fused-ring (bicyclic) bond motifs is 1. The molecular weight excluding hydrogens is 311 g/mol. The van der Waals surface area contributed by atoms with Gasteiger partial charge in [0.25, 0.3) is 5.91 Å². The van der Waals surface area contributed by atoms with Gasteiger partial charge in [-0.15, -0.1) is 0 Å². The molecule has 0 aliphatic carbocycles. The highest BCUT2D eigenvalue weighted by Gasteiger charge is 2.17. The van der Waals surface area contributed by atoms with E-state index >= 15 is 0 Å². The molecule has 5 nitrogen and oxygen atoms in total. The number of nitrogens with zero attached hydrogens (tertiary/aromatic N) is 1. The van der Waals surface area contributed by atoms with Crippen molar-refractivity contribution in [3.05, 3.63) is 60.0 Å². The van der Waals surface area contributed by atoms with Crippen molar-refractivity contribution in [3.63, 3.8) is 0 Å². The van der Waals surface area contributed by atoms with E-state index in [2.05, 4.69) is 5.32 Å². The highest BCUT2D eigenvalue weighted by Crippen LogP contribution is 2.24. The van der Waals surface area contributed by atoms with Gasteiger partial charge in [0.15, 0.2) is 0 Å². The smallest absolute Gasteiger partial charge is 0.257 e. The predicted molar refractivity (Wildman–Crippen MR) is 89.1 cm³/mol. The van der Waals surface area contributed by atoms with E-state index in [-0.39, 0.29) is 11.5 Å². The fourth-order valence-corrected chi connectivity index (χ4v) is 2.52. The van der Waals surface area contributed by atoms with Gasteiger partial charge in [-0.1, -0.05) is 0 Å². The summed E-state index contributed by atoms with van der Waals surface area (Å²) < 4.78 is 20.0. The first-order valence-electron chi connectivity index (χ1n) is 7.26. The molecule has 0 aliphatic rings. The number of hydrogen-bond donors (Lipinski definition) is 1. The Hall–Kier alpha value is -3.15. The highest BCUT2D eigenvalue weighted by molar-refractivity contribution is 6.14. The van der Waals surface area contributed by atoms with Gasteiger partial charge in [0.2, 0.25) is 5.91 Å². The fourth-order valence-electron chi connectivity index (χ4n) is 2.52. The van der Waals surface area contributed by atoms with Gasteiger partial charge in [-0.2, -0.15) is 0 Å². The Bertz CT molecular complexity index is 929. The molecule has 0 bridgehead atoms. The van der Waals surface area contributed by atoms with Crippen LogP contribution in [0.2, 0.25) is 0 Å². The largest absolute Gasteiger partial charge is 0.497 e. The van der Waals surface area contributed by atoms with Crippen LogP contribution in [0.25, 0.3) is 10.9 Å². The van der Waals surface area contributed by atoms with Crippen molar-refractivity contribution < 1.29 is 18.7 Å². The van der Waals surface area contributed by atoms with Gasteiger partial charge < -0.3 is 10.1 Å². The summed E-state index contributed by atoms with van der Waals surface area (Å²) in [5, 5.41) is 3.12. The molecule has 1 amide bonds. The van der Waals surface area contributed by atoms with Gasteiger partial charge in [0.1, 0.15) is 11.6 Å². The molecular formula is C18H15FN2O3. The first-order valence-corrected chi connectivity index (χ1v) is 7.26. The molecule has 2 aromatic carbocycles. The van der Waals surface area contributed by atoms with Crippen molar-refractivity contribution in [2.45, 2.75) is 6.92 Å². The molecule has 0 saturated carbocycles. The van der Waals surface area contributed by atoms with Gasteiger partial charge in [0, 0.05) is 24.2 Å². The lowest BCUT2D eigenvalue weighted by Crippen LogP contribution is -2.11. The quantitative estimate of drug-likeness (QED) is 0.798. The minimum Gasteiger partial charge on any atom is -0.497 e.